The van der Waals surface area contributed by atoms with Crippen molar-refractivity contribution in [2.24, 2.45) is 0 Å². The lowest BCUT2D eigenvalue weighted by Gasteiger charge is -2.23. The van der Waals surface area contributed by atoms with Crippen LogP contribution in [0.15, 0.2) is 24.4 Å². The van der Waals surface area contributed by atoms with Crippen molar-refractivity contribution in [1.29, 1.82) is 0 Å². The molecule has 1 amide bonds. The number of amides is 1. The number of aromatic nitrogens is 1. The van der Waals surface area contributed by atoms with Crippen molar-refractivity contribution in [2.45, 2.75) is 38.3 Å². The van der Waals surface area contributed by atoms with Crippen molar-refractivity contribution in [2.75, 3.05) is 19.7 Å². The smallest absolute Gasteiger partial charge is 0.234 e. The Balaban J connectivity index is 1.73. The fraction of sp³-hybridized carbons (Fsp3) is 0.600. The summed E-state index contributed by atoms with van der Waals surface area (Å²) >= 11 is 0. The number of aliphatic hydroxyl groups is 1. The van der Waals surface area contributed by atoms with Crippen LogP contribution in [0.3, 0.4) is 0 Å². The van der Waals surface area contributed by atoms with Gasteiger partial charge in [-0.1, -0.05) is 6.07 Å². The van der Waals surface area contributed by atoms with Crippen molar-refractivity contribution < 1.29 is 9.90 Å². The predicted molar refractivity (Wildman–Crippen MR) is 77.0 cm³/mol. The number of nitrogens with one attached hydrogen (secondary N) is 1. The number of hydrogen-bond donors (Lipinski definition) is 2. The molecule has 0 spiro atoms. The van der Waals surface area contributed by atoms with Crippen LogP contribution in [0.2, 0.25) is 0 Å². The van der Waals surface area contributed by atoms with Gasteiger partial charge in [-0.2, -0.15) is 0 Å². The highest BCUT2D eigenvalue weighted by Crippen LogP contribution is 2.20. The van der Waals surface area contributed by atoms with E-state index in [1.807, 2.05) is 18.2 Å². The fourth-order valence-electron chi connectivity index (χ4n) is 2.69. The van der Waals surface area contributed by atoms with Crippen molar-refractivity contribution in [3.8, 4) is 0 Å². The number of carbonyl (C=O) groups is 1. The summed E-state index contributed by atoms with van der Waals surface area (Å²) < 4.78 is 0. The Hall–Kier alpha value is -1.46. The lowest BCUT2D eigenvalue weighted by Crippen LogP contribution is -2.39. The number of aliphatic hydroxyl groups excluding tert-OH is 1. The third kappa shape index (κ3) is 4.58. The first-order chi connectivity index (χ1) is 9.79. The largest absolute Gasteiger partial charge is 0.396 e. The number of hydrogen-bond acceptors (Lipinski definition) is 4. The van der Waals surface area contributed by atoms with Gasteiger partial charge in [0.15, 0.2) is 0 Å². The first-order valence-electron chi connectivity index (χ1n) is 7.31. The van der Waals surface area contributed by atoms with Crippen molar-refractivity contribution in [3.05, 3.63) is 30.1 Å². The van der Waals surface area contributed by atoms with Crippen LogP contribution in [-0.2, 0) is 11.3 Å². The van der Waals surface area contributed by atoms with E-state index in [1.54, 1.807) is 6.20 Å². The molecule has 1 aliphatic rings. The molecule has 5 nitrogen and oxygen atoms in total. The second-order valence-electron chi connectivity index (χ2n) is 5.23. The Kier molecular flexibility index (Phi) is 5.95. The lowest BCUT2D eigenvalue weighted by molar-refractivity contribution is -0.122. The van der Waals surface area contributed by atoms with E-state index in [-0.39, 0.29) is 12.5 Å². The molecule has 2 rings (SSSR count). The van der Waals surface area contributed by atoms with Gasteiger partial charge >= 0.3 is 0 Å². The summed E-state index contributed by atoms with van der Waals surface area (Å²) in [6.07, 6.45) is 5.80. The molecule has 1 aromatic heterocycles. The van der Waals surface area contributed by atoms with Gasteiger partial charge in [-0.25, -0.2) is 0 Å². The van der Waals surface area contributed by atoms with Crippen LogP contribution >= 0.6 is 0 Å². The summed E-state index contributed by atoms with van der Waals surface area (Å²) in [6, 6.07) is 6.13. The molecule has 0 saturated carbocycles. The van der Waals surface area contributed by atoms with E-state index in [0.717, 1.165) is 37.9 Å². The van der Waals surface area contributed by atoms with E-state index in [2.05, 4.69) is 15.2 Å². The Morgan fingerprint density at radius 3 is 3.15 bits per heavy atom. The molecule has 2 N–H and O–H groups in total. The summed E-state index contributed by atoms with van der Waals surface area (Å²) in [7, 11) is 0. The standard InChI is InChI=1S/C15H23N3O2/c19-10-4-7-14-6-3-9-18(14)12-15(20)17-11-13-5-1-2-8-16-13/h1-2,5,8,14,19H,3-4,6-7,9-12H2,(H,17,20). The van der Waals surface area contributed by atoms with Crippen LogP contribution in [0.1, 0.15) is 31.4 Å². The minimum Gasteiger partial charge on any atom is -0.396 e. The summed E-state index contributed by atoms with van der Waals surface area (Å²) in [5.41, 5.74) is 0.874. The number of carbonyl (C=O) groups excluding carboxylic acids is 1. The molecule has 2 heterocycles. The topological polar surface area (TPSA) is 65.5 Å². The number of pyridine rings is 1. The van der Waals surface area contributed by atoms with Crippen LogP contribution in [-0.4, -0.2) is 46.6 Å². The first kappa shape index (κ1) is 14.9. The fourth-order valence-corrected chi connectivity index (χ4v) is 2.69. The summed E-state index contributed by atoms with van der Waals surface area (Å²) in [5, 5.41) is 11.8. The van der Waals surface area contributed by atoms with E-state index in [1.165, 1.54) is 0 Å². The van der Waals surface area contributed by atoms with Gasteiger partial charge in [0.05, 0.1) is 18.8 Å². The third-order valence-corrected chi connectivity index (χ3v) is 3.73. The number of nitrogens with zero attached hydrogens (tertiary/aromatic N) is 2. The SMILES string of the molecule is O=C(CN1CCCC1CCCO)NCc1ccccn1. The number of likely N-dealkylation sites (tertiary alicyclic amines) is 1. The molecule has 1 fully saturated rings. The zero-order valence-electron chi connectivity index (χ0n) is 11.8. The minimum atomic E-state index is 0.0477. The maximum Gasteiger partial charge on any atom is 0.234 e. The third-order valence-electron chi connectivity index (χ3n) is 3.73. The van der Waals surface area contributed by atoms with Crippen molar-refractivity contribution in [1.82, 2.24) is 15.2 Å². The Morgan fingerprint density at radius 2 is 2.40 bits per heavy atom. The molecule has 1 aliphatic heterocycles. The molecule has 0 aliphatic carbocycles. The zero-order chi connectivity index (χ0) is 14.2. The van der Waals surface area contributed by atoms with Gasteiger partial charge in [0.2, 0.25) is 5.91 Å². The van der Waals surface area contributed by atoms with Gasteiger partial charge in [-0.15, -0.1) is 0 Å². The molecule has 110 valence electrons. The lowest BCUT2D eigenvalue weighted by atomic mass is 10.1. The number of rotatable bonds is 7. The van der Waals surface area contributed by atoms with Gasteiger partial charge < -0.3 is 10.4 Å². The van der Waals surface area contributed by atoms with Crippen LogP contribution < -0.4 is 5.32 Å². The molecule has 1 unspecified atom stereocenters. The van der Waals surface area contributed by atoms with Crippen LogP contribution in [0.5, 0.6) is 0 Å². The molecule has 20 heavy (non-hydrogen) atoms. The Morgan fingerprint density at radius 1 is 1.50 bits per heavy atom. The Labute approximate surface area is 120 Å². The van der Waals surface area contributed by atoms with Gasteiger partial charge in [0, 0.05) is 18.8 Å². The maximum atomic E-state index is 12.0. The first-order valence-corrected chi connectivity index (χ1v) is 7.31. The molecular weight excluding hydrogens is 254 g/mol. The monoisotopic (exact) mass is 277 g/mol. The highest BCUT2D eigenvalue weighted by Gasteiger charge is 2.25. The average molecular weight is 277 g/mol. The quantitative estimate of drug-likeness (QED) is 0.778. The normalized spacial score (nSPS) is 19.1. The van der Waals surface area contributed by atoms with Crippen LogP contribution in [0.4, 0.5) is 0 Å². The highest BCUT2D eigenvalue weighted by molar-refractivity contribution is 5.78. The molecule has 1 atom stereocenters. The van der Waals surface area contributed by atoms with Crippen molar-refractivity contribution >= 4 is 5.91 Å². The van der Waals surface area contributed by atoms with E-state index >= 15 is 0 Å². The molecule has 1 saturated heterocycles. The van der Waals surface area contributed by atoms with Gasteiger partial charge in [-0.3, -0.25) is 14.7 Å². The van der Waals surface area contributed by atoms with Crippen molar-refractivity contribution in [3.63, 3.8) is 0 Å². The second kappa shape index (κ2) is 7.97. The minimum absolute atomic E-state index is 0.0477. The maximum absolute atomic E-state index is 12.0. The molecular formula is C15H23N3O2. The molecule has 0 radical (unpaired) electrons. The molecule has 0 bridgehead atoms. The van der Waals surface area contributed by atoms with E-state index in [4.69, 9.17) is 5.11 Å². The van der Waals surface area contributed by atoms with Gasteiger partial charge in [0.1, 0.15) is 0 Å². The van der Waals surface area contributed by atoms with Crippen LogP contribution in [0, 0.1) is 0 Å². The summed E-state index contributed by atoms with van der Waals surface area (Å²) in [5.74, 6) is 0.0477. The molecule has 0 aromatic carbocycles. The predicted octanol–water partition coefficient (Wildman–Crippen LogP) is 0.935. The Bertz CT molecular complexity index is 411. The molecule has 5 heteroatoms. The highest BCUT2D eigenvalue weighted by atomic mass is 16.3. The van der Waals surface area contributed by atoms with E-state index < -0.39 is 0 Å². The van der Waals surface area contributed by atoms with E-state index in [0.29, 0.717) is 19.1 Å². The molecule has 1 aromatic rings. The second-order valence-corrected chi connectivity index (χ2v) is 5.23. The summed E-state index contributed by atoms with van der Waals surface area (Å²) in [6.45, 7) is 2.14. The average Bonchev–Trinajstić information content (AvgIpc) is 2.91. The van der Waals surface area contributed by atoms with Gasteiger partial charge in [-0.05, 0) is 44.4 Å². The van der Waals surface area contributed by atoms with Gasteiger partial charge in [0.25, 0.3) is 0 Å². The van der Waals surface area contributed by atoms with Crippen LogP contribution in [0.25, 0.3) is 0 Å². The summed E-state index contributed by atoms with van der Waals surface area (Å²) in [4.78, 5) is 18.4. The zero-order valence-corrected chi connectivity index (χ0v) is 11.8. The van der Waals surface area contributed by atoms with E-state index in [9.17, 15) is 4.79 Å².